The molecule has 2 aliphatic rings. The van der Waals surface area contributed by atoms with Crippen molar-refractivity contribution in [2.75, 3.05) is 0 Å². The zero-order chi connectivity index (χ0) is 40.2. The fourth-order valence-corrected chi connectivity index (χ4v) is 20.6. The van der Waals surface area contributed by atoms with Crippen LogP contribution >= 0.6 is 0 Å². The number of hydrogen-bond donors (Lipinski definition) is 0. The fraction of sp³-hybridized carbons (Fsp3) is 0.268. The third kappa shape index (κ3) is 8.56. The van der Waals surface area contributed by atoms with E-state index in [1.165, 1.54) is 72.3 Å². The van der Waals surface area contributed by atoms with Gasteiger partial charge in [-0.25, -0.2) is 0 Å². The third-order valence-corrected chi connectivity index (χ3v) is 21.9. The van der Waals surface area contributed by atoms with Gasteiger partial charge in [0.25, 0.3) is 0 Å². The van der Waals surface area contributed by atoms with Crippen molar-refractivity contribution in [1.82, 2.24) is 0 Å². The molecule has 6 aromatic rings. The van der Waals surface area contributed by atoms with E-state index >= 15 is 0 Å². The Kier molecular flexibility index (Phi) is 13.3. The number of allylic oxidation sites excluding steroid dienone is 2. The van der Waals surface area contributed by atoms with Crippen molar-refractivity contribution in [3.05, 3.63) is 201 Å². The molecule has 0 saturated carbocycles. The molecule has 0 radical (unpaired) electrons. The molecular weight excluding hydrogens is 835 g/mol. The van der Waals surface area contributed by atoms with Crippen LogP contribution in [-0.4, -0.2) is 3.21 Å². The predicted molar refractivity (Wildman–Crippen MR) is 244 cm³/mol. The molecule has 0 spiro atoms. The number of rotatable bonds is 7. The van der Waals surface area contributed by atoms with Crippen LogP contribution in [-0.2, 0) is 32.1 Å². The minimum absolute atomic E-state index is 0. The van der Waals surface area contributed by atoms with Crippen molar-refractivity contribution in [2.24, 2.45) is 5.92 Å². The van der Waals surface area contributed by atoms with E-state index in [1.54, 1.807) is 14.3 Å². The van der Waals surface area contributed by atoms with E-state index in [-0.39, 0.29) is 35.6 Å². The number of benzene rings is 6. The van der Waals surface area contributed by atoms with Crippen LogP contribution in [0.1, 0.15) is 120 Å². The molecule has 0 amide bonds. The molecule has 0 aliphatic heterocycles. The SMILES string of the molecule is CC1=Cc2c(-c3ccc(C(C)(C)C)cc3)ccc(C)c2[CH]1[Zr+2](=[C](c1ccccc1)c1ccccc1)[CH]1C(C(C)C)=Cc2c(-c3ccc(C(C)(C)C)cc3)cccc21.[Cl-].[Cl-]. The molecule has 2 aliphatic carbocycles. The van der Waals surface area contributed by atoms with Gasteiger partial charge in [-0.2, -0.15) is 0 Å². The second kappa shape index (κ2) is 17.6. The van der Waals surface area contributed by atoms with Crippen molar-refractivity contribution in [1.29, 1.82) is 0 Å². The van der Waals surface area contributed by atoms with Gasteiger partial charge in [0.05, 0.1) is 0 Å². The van der Waals surface area contributed by atoms with E-state index < -0.39 is 21.3 Å². The quantitative estimate of drug-likeness (QED) is 0.150. The molecule has 0 N–H and O–H groups in total. The van der Waals surface area contributed by atoms with E-state index in [9.17, 15) is 0 Å². The number of halogens is 2. The van der Waals surface area contributed by atoms with Crippen LogP contribution in [0.3, 0.4) is 0 Å². The average Bonchev–Trinajstić information content (AvgIpc) is 3.76. The van der Waals surface area contributed by atoms with E-state index in [0.717, 1.165) is 0 Å². The van der Waals surface area contributed by atoms with Crippen molar-refractivity contribution < 1.29 is 46.1 Å². The smallest absolute Gasteiger partial charge is 1.00 e. The molecule has 59 heavy (non-hydrogen) atoms. The Labute approximate surface area is 374 Å². The van der Waals surface area contributed by atoms with Gasteiger partial charge in [0, 0.05) is 0 Å². The van der Waals surface area contributed by atoms with E-state index in [1.807, 2.05) is 0 Å². The minimum Gasteiger partial charge on any atom is -1.00 e. The topological polar surface area (TPSA) is 0 Å². The van der Waals surface area contributed by atoms with Crippen LogP contribution in [0.15, 0.2) is 151 Å². The molecule has 3 heteroatoms. The largest absolute Gasteiger partial charge is 1.00 e. The number of hydrogen-bond acceptors (Lipinski definition) is 0. The van der Waals surface area contributed by atoms with Gasteiger partial charge in [-0.05, 0) is 0 Å². The van der Waals surface area contributed by atoms with Crippen LogP contribution in [0.2, 0.25) is 0 Å². The van der Waals surface area contributed by atoms with E-state index in [2.05, 4.69) is 221 Å². The summed E-state index contributed by atoms with van der Waals surface area (Å²) < 4.78 is 2.37. The maximum absolute atomic E-state index is 3.02. The Balaban J connectivity index is 0.00000293. The maximum atomic E-state index is 2.63. The zero-order valence-electron chi connectivity index (χ0n) is 36.4. The van der Waals surface area contributed by atoms with Gasteiger partial charge in [-0.3, -0.25) is 0 Å². The number of fused-ring (bicyclic) bond motifs is 2. The zero-order valence-corrected chi connectivity index (χ0v) is 40.4. The summed E-state index contributed by atoms with van der Waals surface area (Å²) in [7, 11) is 0. The van der Waals surface area contributed by atoms with Gasteiger partial charge >= 0.3 is 353 Å². The molecule has 300 valence electrons. The summed E-state index contributed by atoms with van der Waals surface area (Å²) >= 11 is -3.02. The first-order valence-corrected chi connectivity index (χ1v) is 25.0. The van der Waals surface area contributed by atoms with Crippen LogP contribution in [0.5, 0.6) is 0 Å². The van der Waals surface area contributed by atoms with Gasteiger partial charge in [0.2, 0.25) is 0 Å². The summed E-state index contributed by atoms with van der Waals surface area (Å²) in [5.74, 6) is 0.417. The molecule has 0 heterocycles. The Hall–Kier alpha value is -3.87. The predicted octanol–water partition coefficient (Wildman–Crippen LogP) is 9.07. The molecule has 0 saturated heterocycles. The van der Waals surface area contributed by atoms with Gasteiger partial charge in [-0.15, -0.1) is 0 Å². The summed E-state index contributed by atoms with van der Waals surface area (Å²) in [6, 6.07) is 53.7. The fourth-order valence-electron chi connectivity index (χ4n) is 9.46. The summed E-state index contributed by atoms with van der Waals surface area (Å²) in [4.78, 5) is 0. The second-order valence-electron chi connectivity index (χ2n) is 18.8. The monoisotopic (exact) mass is 890 g/mol. The summed E-state index contributed by atoms with van der Waals surface area (Å²) in [5, 5.41) is 0. The van der Waals surface area contributed by atoms with Crippen LogP contribution in [0, 0.1) is 12.8 Å². The Morgan fingerprint density at radius 2 is 1.00 bits per heavy atom. The molecule has 6 aromatic carbocycles. The van der Waals surface area contributed by atoms with Crippen molar-refractivity contribution in [3.63, 3.8) is 0 Å². The number of aryl methyl sites for hydroxylation is 1. The molecule has 0 bridgehead atoms. The molecular formula is C56H58Cl2Zr. The minimum atomic E-state index is -3.02. The summed E-state index contributed by atoms with van der Waals surface area (Å²) in [5.41, 5.74) is 21.6. The second-order valence-corrected chi connectivity index (χ2v) is 25.1. The van der Waals surface area contributed by atoms with Crippen molar-refractivity contribution in [3.8, 4) is 22.3 Å². The Bertz CT molecular complexity index is 2500. The van der Waals surface area contributed by atoms with E-state index in [4.69, 9.17) is 0 Å². The molecule has 2 unspecified atom stereocenters. The molecule has 8 rings (SSSR count). The van der Waals surface area contributed by atoms with E-state index in [0.29, 0.717) is 13.2 Å². The Morgan fingerprint density at radius 3 is 1.47 bits per heavy atom. The first-order valence-electron chi connectivity index (χ1n) is 20.9. The molecule has 0 fully saturated rings. The maximum Gasteiger partial charge on any atom is -1.00 e. The van der Waals surface area contributed by atoms with Crippen LogP contribution in [0.4, 0.5) is 0 Å². The summed E-state index contributed by atoms with van der Waals surface area (Å²) in [6.45, 7) is 23.5. The molecule has 0 aromatic heterocycles. The molecule has 0 nitrogen and oxygen atoms in total. The van der Waals surface area contributed by atoms with Gasteiger partial charge < -0.3 is 24.8 Å². The summed E-state index contributed by atoms with van der Waals surface area (Å²) in [6.07, 6.45) is 5.21. The van der Waals surface area contributed by atoms with Gasteiger partial charge in [0.1, 0.15) is 0 Å². The molecule has 2 atom stereocenters. The van der Waals surface area contributed by atoms with Crippen LogP contribution in [0.25, 0.3) is 34.4 Å². The Morgan fingerprint density at radius 1 is 0.508 bits per heavy atom. The van der Waals surface area contributed by atoms with Crippen LogP contribution < -0.4 is 24.8 Å². The normalized spacial score (nSPS) is 15.6. The van der Waals surface area contributed by atoms with Gasteiger partial charge in [-0.1, -0.05) is 0 Å². The third-order valence-electron chi connectivity index (χ3n) is 12.5. The first kappa shape index (κ1) is 44.7. The standard InChI is InChI=1S/C22H25.C21H23.C13H10.2ClH.Zr/c1-15(2)18-13-17-7-6-8-20(21(17)14-18)16-9-11-19(12-10-16)22(3,4)5;1-14-12-19-15(2)6-11-18(20(19)13-14)16-7-9-17(10-8-16)21(3,4)5;1-3-7-12(8-4-1)11-13-9-5-2-6-10-13;;;/h6-15H,1-5H3;6-13H,1-5H3;1-10H;2*1H;/q;;;;;+2/p-2. The average molecular weight is 893 g/mol. The van der Waals surface area contributed by atoms with Crippen molar-refractivity contribution in [2.45, 2.75) is 87.3 Å². The first-order chi connectivity index (χ1) is 27.2. The van der Waals surface area contributed by atoms with Gasteiger partial charge in [0.15, 0.2) is 0 Å². The van der Waals surface area contributed by atoms with Crippen molar-refractivity contribution >= 4 is 15.4 Å².